The average molecular weight is 256 g/mol. The summed E-state index contributed by atoms with van der Waals surface area (Å²) in [5.74, 6) is 0.836. The van der Waals surface area contributed by atoms with Crippen molar-refractivity contribution in [1.29, 1.82) is 0 Å². The highest BCUT2D eigenvalue weighted by Gasteiger charge is 2.20. The molecule has 0 spiro atoms. The third-order valence-corrected chi connectivity index (χ3v) is 2.87. The van der Waals surface area contributed by atoms with Crippen LogP contribution in [0.5, 0.6) is 5.75 Å². The lowest BCUT2D eigenvalue weighted by Crippen LogP contribution is -2.25. The van der Waals surface area contributed by atoms with E-state index in [1.807, 2.05) is 18.2 Å². The first-order valence-electron chi connectivity index (χ1n) is 4.38. The predicted octanol–water partition coefficient (Wildman–Crippen LogP) is 2.19. The van der Waals surface area contributed by atoms with E-state index in [-0.39, 0.29) is 5.91 Å². The first-order chi connectivity index (χ1) is 6.70. The Kier molecular flexibility index (Phi) is 2.46. The second-order valence-corrected chi connectivity index (χ2v) is 3.99. The maximum absolute atomic E-state index is 11.5. The average Bonchev–Trinajstić information content (AvgIpc) is 2.31. The van der Waals surface area contributed by atoms with E-state index in [1.165, 1.54) is 0 Å². The lowest BCUT2D eigenvalue weighted by molar-refractivity contribution is -0.118. The summed E-state index contributed by atoms with van der Waals surface area (Å²) < 4.78 is 6.40. The molecule has 1 aromatic carbocycles. The van der Waals surface area contributed by atoms with Crippen molar-refractivity contribution in [1.82, 2.24) is 0 Å². The molecule has 0 unspecified atom stereocenters. The second kappa shape index (κ2) is 3.61. The van der Waals surface area contributed by atoms with Gasteiger partial charge in [0.05, 0.1) is 23.2 Å². The fourth-order valence-electron chi connectivity index (χ4n) is 1.45. The molecule has 0 radical (unpaired) electrons. The first-order valence-corrected chi connectivity index (χ1v) is 5.17. The fraction of sp³-hybridized carbons (Fsp3) is 0.300. The van der Waals surface area contributed by atoms with Gasteiger partial charge in [-0.05, 0) is 28.1 Å². The highest BCUT2D eigenvalue weighted by Crippen LogP contribution is 2.36. The zero-order valence-electron chi connectivity index (χ0n) is 7.79. The Morgan fingerprint density at radius 3 is 3.07 bits per heavy atom. The van der Waals surface area contributed by atoms with Gasteiger partial charge < -0.3 is 9.64 Å². The topological polar surface area (TPSA) is 29.5 Å². The van der Waals surface area contributed by atoms with Crippen molar-refractivity contribution in [3.63, 3.8) is 0 Å². The molecular formula is C10H10BrNO2. The van der Waals surface area contributed by atoms with Crippen molar-refractivity contribution in [3.8, 4) is 5.75 Å². The number of anilines is 1. The molecular weight excluding hydrogens is 246 g/mol. The van der Waals surface area contributed by atoms with Crippen LogP contribution in [0.25, 0.3) is 0 Å². The first kappa shape index (κ1) is 9.52. The number of rotatable bonds is 0. The van der Waals surface area contributed by atoms with Gasteiger partial charge in [-0.1, -0.05) is 6.07 Å². The number of hydrogen-bond acceptors (Lipinski definition) is 2. The van der Waals surface area contributed by atoms with E-state index in [1.54, 1.807) is 11.9 Å². The summed E-state index contributed by atoms with van der Waals surface area (Å²) in [6.07, 6.45) is 0.428. The zero-order valence-corrected chi connectivity index (χ0v) is 9.37. The number of nitrogens with zero attached hydrogens (tertiary/aromatic N) is 1. The van der Waals surface area contributed by atoms with Gasteiger partial charge >= 0.3 is 0 Å². The molecule has 1 heterocycles. The Balaban J connectivity index is 2.53. The van der Waals surface area contributed by atoms with Gasteiger partial charge in [0, 0.05) is 7.05 Å². The van der Waals surface area contributed by atoms with Gasteiger partial charge in [0.15, 0.2) is 5.75 Å². The molecule has 0 aromatic heterocycles. The van der Waals surface area contributed by atoms with Crippen LogP contribution in [0.15, 0.2) is 22.7 Å². The third kappa shape index (κ3) is 1.50. The molecule has 14 heavy (non-hydrogen) atoms. The van der Waals surface area contributed by atoms with Crippen LogP contribution < -0.4 is 9.64 Å². The summed E-state index contributed by atoms with van der Waals surface area (Å²) in [7, 11) is 1.77. The lowest BCUT2D eigenvalue weighted by Gasteiger charge is -2.16. The number of amides is 1. The zero-order chi connectivity index (χ0) is 10.1. The molecule has 1 aliphatic heterocycles. The van der Waals surface area contributed by atoms with Crippen molar-refractivity contribution < 1.29 is 9.53 Å². The van der Waals surface area contributed by atoms with Crippen LogP contribution in [0.2, 0.25) is 0 Å². The Morgan fingerprint density at radius 1 is 1.50 bits per heavy atom. The minimum atomic E-state index is 0.0850. The summed E-state index contributed by atoms with van der Waals surface area (Å²) in [4.78, 5) is 13.2. The number of carbonyl (C=O) groups excluding carboxylic acids is 1. The Bertz CT molecular complexity index is 378. The standard InChI is InChI=1S/C10H10BrNO2/c1-12-8-4-2-3-7(11)10(8)14-6-5-9(12)13/h2-4H,5-6H2,1H3. The van der Waals surface area contributed by atoms with Gasteiger partial charge in [-0.25, -0.2) is 0 Å². The van der Waals surface area contributed by atoms with Crippen molar-refractivity contribution in [2.24, 2.45) is 0 Å². The summed E-state index contributed by atoms with van der Waals surface area (Å²) in [5.41, 5.74) is 0.821. The number of hydrogen-bond donors (Lipinski definition) is 0. The quantitative estimate of drug-likeness (QED) is 0.712. The molecule has 0 N–H and O–H groups in total. The van der Waals surface area contributed by atoms with E-state index in [0.29, 0.717) is 13.0 Å². The fourth-order valence-corrected chi connectivity index (χ4v) is 1.92. The molecule has 1 amide bonds. The number of carbonyl (C=O) groups is 1. The molecule has 1 aromatic rings. The molecule has 0 bridgehead atoms. The van der Waals surface area contributed by atoms with Gasteiger partial charge in [0.2, 0.25) is 5.91 Å². The molecule has 0 saturated carbocycles. The SMILES string of the molecule is CN1C(=O)CCOc2c(Br)cccc21. The smallest absolute Gasteiger partial charge is 0.230 e. The van der Waals surface area contributed by atoms with Gasteiger partial charge in [0.1, 0.15) is 0 Å². The van der Waals surface area contributed by atoms with Crippen LogP contribution in [0, 0.1) is 0 Å². The largest absolute Gasteiger partial charge is 0.490 e. The molecule has 0 fully saturated rings. The van der Waals surface area contributed by atoms with Crippen LogP contribution in [-0.2, 0) is 4.79 Å². The highest BCUT2D eigenvalue weighted by molar-refractivity contribution is 9.10. The molecule has 0 atom stereocenters. The molecule has 74 valence electrons. The minimum absolute atomic E-state index is 0.0850. The van der Waals surface area contributed by atoms with E-state index in [9.17, 15) is 4.79 Å². The normalized spacial score (nSPS) is 15.9. The van der Waals surface area contributed by atoms with Crippen molar-refractivity contribution in [2.45, 2.75) is 6.42 Å². The number of ether oxygens (including phenoxy) is 1. The van der Waals surface area contributed by atoms with E-state index in [4.69, 9.17) is 4.74 Å². The summed E-state index contributed by atoms with van der Waals surface area (Å²) in [6.45, 7) is 0.443. The van der Waals surface area contributed by atoms with Crippen LogP contribution in [-0.4, -0.2) is 19.6 Å². The lowest BCUT2D eigenvalue weighted by atomic mass is 10.2. The third-order valence-electron chi connectivity index (χ3n) is 2.24. The van der Waals surface area contributed by atoms with Crippen LogP contribution in [0.1, 0.15) is 6.42 Å². The molecule has 0 aliphatic carbocycles. The molecule has 1 aliphatic rings. The molecule has 0 saturated heterocycles. The van der Waals surface area contributed by atoms with Crippen LogP contribution >= 0.6 is 15.9 Å². The van der Waals surface area contributed by atoms with Crippen molar-refractivity contribution >= 4 is 27.5 Å². The minimum Gasteiger partial charge on any atom is -0.490 e. The number of halogens is 1. The van der Waals surface area contributed by atoms with E-state index < -0.39 is 0 Å². The molecule has 3 nitrogen and oxygen atoms in total. The van der Waals surface area contributed by atoms with E-state index >= 15 is 0 Å². The summed E-state index contributed by atoms with van der Waals surface area (Å²) in [5, 5.41) is 0. The van der Waals surface area contributed by atoms with Gasteiger partial charge in [-0.2, -0.15) is 0 Å². The summed E-state index contributed by atoms with van der Waals surface area (Å²) >= 11 is 3.40. The van der Waals surface area contributed by atoms with Gasteiger partial charge in [0.25, 0.3) is 0 Å². The van der Waals surface area contributed by atoms with Crippen molar-refractivity contribution in [3.05, 3.63) is 22.7 Å². The highest BCUT2D eigenvalue weighted by atomic mass is 79.9. The van der Waals surface area contributed by atoms with E-state index in [2.05, 4.69) is 15.9 Å². The molecule has 2 rings (SSSR count). The molecule has 4 heteroatoms. The maximum atomic E-state index is 11.5. The monoisotopic (exact) mass is 255 g/mol. The Morgan fingerprint density at radius 2 is 2.29 bits per heavy atom. The second-order valence-electron chi connectivity index (χ2n) is 3.14. The maximum Gasteiger partial charge on any atom is 0.230 e. The Labute approximate surface area is 90.8 Å². The number of fused-ring (bicyclic) bond motifs is 1. The van der Waals surface area contributed by atoms with Crippen LogP contribution in [0.4, 0.5) is 5.69 Å². The van der Waals surface area contributed by atoms with Crippen LogP contribution in [0.3, 0.4) is 0 Å². The van der Waals surface area contributed by atoms with Gasteiger partial charge in [-0.15, -0.1) is 0 Å². The summed E-state index contributed by atoms with van der Waals surface area (Å²) in [6, 6.07) is 5.67. The van der Waals surface area contributed by atoms with Crippen molar-refractivity contribution in [2.75, 3.05) is 18.6 Å². The predicted molar refractivity (Wildman–Crippen MR) is 57.7 cm³/mol. The number of para-hydroxylation sites is 1. The Hall–Kier alpha value is -1.03. The number of benzene rings is 1. The van der Waals surface area contributed by atoms with E-state index in [0.717, 1.165) is 15.9 Å². The van der Waals surface area contributed by atoms with Gasteiger partial charge in [-0.3, -0.25) is 4.79 Å².